The third kappa shape index (κ3) is 3.30. The average Bonchev–Trinajstić information content (AvgIpc) is 2.46. The maximum atomic E-state index is 13.4. The second kappa shape index (κ2) is 5.95. The number of halogens is 1. The van der Waals surface area contributed by atoms with Gasteiger partial charge in [-0.05, 0) is 6.07 Å². The van der Waals surface area contributed by atoms with Crippen molar-refractivity contribution in [1.29, 1.82) is 0 Å². The normalized spacial score (nSPS) is 10.1. The smallest absolute Gasteiger partial charge is 0.288 e. The fourth-order valence-corrected chi connectivity index (χ4v) is 1.66. The maximum Gasteiger partial charge on any atom is 0.288 e. The number of nitro groups is 1. The summed E-state index contributed by atoms with van der Waals surface area (Å²) in [4.78, 5) is 25.5. The quantitative estimate of drug-likeness (QED) is 0.656. The molecule has 0 saturated carbocycles. The van der Waals surface area contributed by atoms with Gasteiger partial charge in [0.2, 0.25) is 0 Å². The Hall–Kier alpha value is -3.03. The lowest BCUT2D eigenvalue weighted by molar-refractivity contribution is -0.385. The number of carbonyl (C=O) groups excluding carboxylic acids is 1. The van der Waals surface area contributed by atoms with Crippen LogP contribution in [0.5, 0.6) is 0 Å². The van der Waals surface area contributed by atoms with E-state index >= 15 is 0 Å². The number of hydrogen-bond acceptors (Lipinski definition) is 5. The van der Waals surface area contributed by atoms with Gasteiger partial charge in [0, 0.05) is 18.2 Å². The lowest BCUT2D eigenvalue weighted by Crippen LogP contribution is -2.24. The summed E-state index contributed by atoms with van der Waals surface area (Å²) >= 11 is 0. The van der Waals surface area contributed by atoms with Gasteiger partial charge in [0.15, 0.2) is 0 Å². The van der Waals surface area contributed by atoms with E-state index < -0.39 is 16.6 Å². The van der Waals surface area contributed by atoms with Crippen molar-refractivity contribution in [2.75, 3.05) is 5.73 Å². The van der Waals surface area contributed by atoms with E-state index in [2.05, 4.69) is 10.3 Å². The van der Waals surface area contributed by atoms with Crippen LogP contribution < -0.4 is 11.1 Å². The van der Waals surface area contributed by atoms with E-state index in [9.17, 15) is 19.3 Å². The Bertz CT molecular complexity index is 706. The van der Waals surface area contributed by atoms with Gasteiger partial charge in [-0.2, -0.15) is 0 Å². The molecule has 0 saturated heterocycles. The van der Waals surface area contributed by atoms with E-state index in [4.69, 9.17) is 5.73 Å². The Balaban J connectivity index is 2.15. The number of nitrogens with zero attached hydrogens (tertiary/aromatic N) is 2. The Morgan fingerprint density at radius 1 is 1.43 bits per heavy atom. The van der Waals surface area contributed by atoms with Crippen LogP contribution in [0.3, 0.4) is 0 Å². The zero-order chi connectivity index (χ0) is 15.4. The molecule has 0 atom stereocenters. The van der Waals surface area contributed by atoms with E-state index in [0.717, 1.165) is 12.3 Å². The zero-order valence-electron chi connectivity index (χ0n) is 10.7. The Labute approximate surface area is 118 Å². The molecule has 0 radical (unpaired) electrons. The van der Waals surface area contributed by atoms with Crippen molar-refractivity contribution < 1.29 is 14.1 Å². The van der Waals surface area contributed by atoms with E-state index in [1.54, 1.807) is 6.07 Å². The highest BCUT2D eigenvalue weighted by Crippen LogP contribution is 2.17. The van der Waals surface area contributed by atoms with Crippen LogP contribution >= 0.6 is 0 Å². The van der Waals surface area contributed by atoms with Crippen LogP contribution in [0.2, 0.25) is 0 Å². The Morgan fingerprint density at radius 3 is 2.81 bits per heavy atom. The molecule has 1 aromatic carbocycles. The predicted octanol–water partition coefficient (Wildman–Crippen LogP) is 1.64. The Kier molecular flexibility index (Phi) is 4.07. The molecule has 0 bridgehead atoms. The number of nitrogens with two attached hydrogens (primary N) is 1. The lowest BCUT2D eigenvalue weighted by atomic mass is 10.2. The number of carbonyl (C=O) groups is 1. The molecule has 0 aliphatic heterocycles. The number of aromatic nitrogens is 1. The summed E-state index contributed by atoms with van der Waals surface area (Å²) in [6.45, 7) is -0.0619. The lowest BCUT2D eigenvalue weighted by Gasteiger charge is -2.07. The molecule has 0 unspecified atom stereocenters. The number of rotatable bonds is 4. The van der Waals surface area contributed by atoms with Crippen molar-refractivity contribution in [3.8, 4) is 0 Å². The van der Waals surface area contributed by atoms with Gasteiger partial charge in [-0.1, -0.05) is 18.2 Å². The van der Waals surface area contributed by atoms with E-state index in [-0.39, 0.29) is 23.6 Å². The van der Waals surface area contributed by atoms with E-state index in [1.807, 2.05) is 0 Å². The molecule has 8 heteroatoms. The third-order valence-electron chi connectivity index (χ3n) is 2.76. The largest absolute Gasteiger partial charge is 0.383 e. The summed E-state index contributed by atoms with van der Waals surface area (Å²) in [6.07, 6.45) is 0.961. The number of nitrogen functional groups attached to an aromatic ring is 1. The minimum atomic E-state index is -0.680. The topological polar surface area (TPSA) is 111 Å². The van der Waals surface area contributed by atoms with Crippen LogP contribution in [0.25, 0.3) is 0 Å². The zero-order valence-corrected chi connectivity index (χ0v) is 10.7. The van der Waals surface area contributed by atoms with Gasteiger partial charge in [0.1, 0.15) is 17.8 Å². The molecular formula is C13H11FN4O3. The first kappa shape index (κ1) is 14.4. The summed E-state index contributed by atoms with van der Waals surface area (Å²) in [6, 6.07) is 6.98. The number of amides is 1. The van der Waals surface area contributed by atoms with Crippen LogP contribution in [-0.4, -0.2) is 15.8 Å². The molecule has 21 heavy (non-hydrogen) atoms. The molecule has 1 aromatic heterocycles. The van der Waals surface area contributed by atoms with Crippen molar-refractivity contribution >= 4 is 17.4 Å². The maximum absolute atomic E-state index is 13.4. The van der Waals surface area contributed by atoms with Gasteiger partial charge < -0.3 is 11.1 Å². The van der Waals surface area contributed by atoms with Crippen LogP contribution in [-0.2, 0) is 6.54 Å². The van der Waals surface area contributed by atoms with Gasteiger partial charge in [-0.3, -0.25) is 14.9 Å². The minimum Gasteiger partial charge on any atom is -0.383 e. The first-order chi connectivity index (χ1) is 9.99. The van der Waals surface area contributed by atoms with Gasteiger partial charge in [-0.25, -0.2) is 9.37 Å². The summed E-state index contributed by atoms with van der Waals surface area (Å²) < 4.78 is 13.4. The standard InChI is InChI=1S/C13H11FN4O3/c14-11-4-2-1-3-8(11)6-17-13(19)10-5-9(18(20)21)7-16-12(10)15/h1-5,7H,6H2,(H2,15,16)(H,17,19). The fourth-order valence-electron chi connectivity index (χ4n) is 1.66. The molecule has 3 N–H and O–H groups in total. The third-order valence-corrected chi connectivity index (χ3v) is 2.76. The molecule has 108 valence electrons. The molecule has 0 aliphatic carbocycles. The predicted molar refractivity (Wildman–Crippen MR) is 72.9 cm³/mol. The number of benzene rings is 1. The molecular weight excluding hydrogens is 279 g/mol. The molecule has 7 nitrogen and oxygen atoms in total. The highest BCUT2D eigenvalue weighted by atomic mass is 19.1. The molecule has 2 rings (SSSR count). The summed E-state index contributed by atoms with van der Waals surface area (Å²) in [7, 11) is 0. The van der Waals surface area contributed by atoms with Crippen LogP contribution in [0, 0.1) is 15.9 Å². The molecule has 1 heterocycles. The first-order valence-electron chi connectivity index (χ1n) is 5.90. The average molecular weight is 290 g/mol. The first-order valence-corrected chi connectivity index (χ1v) is 5.90. The van der Waals surface area contributed by atoms with Crippen LogP contribution in [0.1, 0.15) is 15.9 Å². The number of anilines is 1. The molecule has 2 aromatic rings. The molecule has 1 amide bonds. The highest BCUT2D eigenvalue weighted by molar-refractivity contribution is 5.98. The molecule has 0 aliphatic rings. The second-order valence-corrected chi connectivity index (χ2v) is 4.16. The Morgan fingerprint density at radius 2 is 2.14 bits per heavy atom. The molecule has 0 spiro atoms. The van der Waals surface area contributed by atoms with Crippen molar-refractivity contribution in [2.45, 2.75) is 6.54 Å². The van der Waals surface area contributed by atoms with E-state index in [0.29, 0.717) is 5.56 Å². The van der Waals surface area contributed by atoms with Crippen molar-refractivity contribution in [1.82, 2.24) is 10.3 Å². The minimum absolute atomic E-state index is 0.0619. The van der Waals surface area contributed by atoms with Gasteiger partial charge in [0.05, 0.1) is 10.5 Å². The summed E-state index contributed by atoms with van der Waals surface area (Å²) in [5.74, 6) is -1.25. The number of nitrogens with one attached hydrogen (secondary N) is 1. The molecule has 0 fully saturated rings. The monoisotopic (exact) mass is 290 g/mol. The van der Waals surface area contributed by atoms with Crippen molar-refractivity contribution in [3.63, 3.8) is 0 Å². The van der Waals surface area contributed by atoms with Crippen molar-refractivity contribution in [2.24, 2.45) is 0 Å². The summed E-state index contributed by atoms with van der Waals surface area (Å²) in [5, 5.41) is 13.1. The summed E-state index contributed by atoms with van der Waals surface area (Å²) in [5.41, 5.74) is 5.34. The second-order valence-electron chi connectivity index (χ2n) is 4.16. The number of pyridine rings is 1. The highest BCUT2D eigenvalue weighted by Gasteiger charge is 2.16. The van der Waals surface area contributed by atoms with E-state index in [1.165, 1.54) is 18.2 Å². The van der Waals surface area contributed by atoms with Crippen molar-refractivity contribution in [3.05, 3.63) is 63.6 Å². The SMILES string of the molecule is Nc1ncc([N+](=O)[O-])cc1C(=O)NCc1ccccc1F. The van der Waals surface area contributed by atoms with Crippen LogP contribution in [0.4, 0.5) is 15.9 Å². The van der Waals surface area contributed by atoms with Gasteiger partial charge in [0.25, 0.3) is 11.6 Å². The van der Waals surface area contributed by atoms with Gasteiger partial charge >= 0.3 is 0 Å². The van der Waals surface area contributed by atoms with Crippen LogP contribution in [0.15, 0.2) is 36.5 Å². The fraction of sp³-hybridized carbons (Fsp3) is 0.0769. The number of hydrogen-bond donors (Lipinski definition) is 2. The van der Waals surface area contributed by atoms with Gasteiger partial charge in [-0.15, -0.1) is 0 Å².